The van der Waals surface area contributed by atoms with Crippen molar-refractivity contribution in [1.29, 1.82) is 0 Å². The van der Waals surface area contributed by atoms with Gasteiger partial charge in [0.2, 0.25) is 0 Å². The normalized spacial score (nSPS) is 11.5. The fraction of sp³-hybridized carbons (Fsp3) is 0. The highest BCUT2D eigenvalue weighted by atomic mass is 16.3. The number of furan rings is 1. The fourth-order valence-corrected chi connectivity index (χ4v) is 8.83. The molecule has 0 unspecified atom stereocenters. The molecule has 12 rings (SSSR count). The number of hydrogen-bond acceptors (Lipinski definition) is 4. The number of para-hydroxylation sites is 1. The van der Waals surface area contributed by atoms with E-state index in [9.17, 15) is 0 Å². The molecule has 0 amide bonds. The van der Waals surface area contributed by atoms with Gasteiger partial charge in [-0.2, -0.15) is 0 Å². The zero-order chi connectivity index (χ0) is 41.0. The molecule has 0 spiro atoms. The Labute approximate surface area is 357 Å². The van der Waals surface area contributed by atoms with E-state index < -0.39 is 0 Å². The van der Waals surface area contributed by atoms with E-state index in [0.717, 1.165) is 77.6 Å². The second-order valence-corrected chi connectivity index (χ2v) is 15.6. The molecule has 0 bridgehead atoms. The number of fused-ring (bicyclic) bond motifs is 7. The van der Waals surface area contributed by atoms with Crippen LogP contribution in [0.4, 0.5) is 0 Å². The summed E-state index contributed by atoms with van der Waals surface area (Å²) in [7, 11) is 0. The van der Waals surface area contributed by atoms with Gasteiger partial charge in [-0.15, -0.1) is 0 Å². The third-order valence-electron chi connectivity index (χ3n) is 11.9. The molecule has 0 radical (unpaired) electrons. The third-order valence-corrected chi connectivity index (χ3v) is 11.9. The maximum Gasteiger partial charge on any atom is 0.164 e. The molecule has 0 fully saturated rings. The first-order chi connectivity index (χ1) is 30.7. The summed E-state index contributed by atoms with van der Waals surface area (Å²) in [5, 5.41) is 4.46. The van der Waals surface area contributed by atoms with Crippen LogP contribution in [0, 0.1) is 0 Å². The van der Waals surface area contributed by atoms with Gasteiger partial charge in [0.05, 0.1) is 16.4 Å². The minimum Gasteiger partial charge on any atom is -0.456 e. The van der Waals surface area contributed by atoms with E-state index in [1.54, 1.807) is 0 Å². The zero-order valence-corrected chi connectivity index (χ0v) is 33.5. The topological polar surface area (TPSA) is 56.7 Å². The quantitative estimate of drug-likeness (QED) is 0.161. The highest BCUT2D eigenvalue weighted by Gasteiger charge is 2.21. The summed E-state index contributed by atoms with van der Waals surface area (Å²) in [4.78, 5) is 15.3. The molecule has 62 heavy (non-hydrogen) atoms. The third kappa shape index (κ3) is 6.14. The van der Waals surface area contributed by atoms with Crippen molar-refractivity contribution in [2.45, 2.75) is 0 Å². The summed E-state index contributed by atoms with van der Waals surface area (Å²) >= 11 is 0. The number of aromatic nitrogens is 4. The van der Waals surface area contributed by atoms with E-state index >= 15 is 0 Å². The van der Waals surface area contributed by atoms with E-state index in [0.29, 0.717) is 17.5 Å². The first-order valence-electron chi connectivity index (χ1n) is 20.8. The summed E-state index contributed by atoms with van der Waals surface area (Å²) in [6.45, 7) is 0. The minimum atomic E-state index is 0.573. The second kappa shape index (κ2) is 14.7. The lowest BCUT2D eigenvalue weighted by Gasteiger charge is -2.11. The van der Waals surface area contributed by atoms with E-state index in [-0.39, 0.29) is 0 Å². The summed E-state index contributed by atoms with van der Waals surface area (Å²) in [5.74, 6) is 1.78. The van der Waals surface area contributed by atoms with Crippen molar-refractivity contribution < 1.29 is 4.42 Å². The van der Waals surface area contributed by atoms with Crippen molar-refractivity contribution in [1.82, 2.24) is 19.5 Å². The summed E-state index contributed by atoms with van der Waals surface area (Å²) in [6, 6.07) is 76.3. The van der Waals surface area contributed by atoms with Crippen LogP contribution in [0.5, 0.6) is 0 Å². The van der Waals surface area contributed by atoms with E-state index in [2.05, 4.69) is 211 Å². The molecule has 12 aromatic rings. The monoisotopic (exact) mass is 792 g/mol. The molecule has 0 saturated heterocycles. The van der Waals surface area contributed by atoms with Crippen LogP contribution in [0.3, 0.4) is 0 Å². The Kier molecular flexibility index (Phi) is 8.42. The maximum absolute atomic E-state index is 6.76. The lowest BCUT2D eigenvalue weighted by Crippen LogP contribution is -2.00. The van der Waals surface area contributed by atoms with E-state index in [1.807, 2.05) is 12.1 Å². The van der Waals surface area contributed by atoms with Gasteiger partial charge < -0.3 is 8.98 Å². The highest BCUT2D eigenvalue weighted by Crippen LogP contribution is 2.42. The van der Waals surface area contributed by atoms with Gasteiger partial charge >= 0.3 is 0 Å². The maximum atomic E-state index is 6.76. The van der Waals surface area contributed by atoms with Crippen molar-refractivity contribution in [2.24, 2.45) is 0 Å². The molecule has 0 N–H and O–H groups in total. The number of benzene rings is 9. The molecule has 3 heterocycles. The lowest BCUT2D eigenvalue weighted by atomic mass is 10.0. The van der Waals surface area contributed by atoms with E-state index in [1.165, 1.54) is 21.9 Å². The van der Waals surface area contributed by atoms with Crippen molar-refractivity contribution in [2.75, 3.05) is 0 Å². The molecule has 0 aliphatic heterocycles. The van der Waals surface area contributed by atoms with Crippen molar-refractivity contribution >= 4 is 43.7 Å². The van der Waals surface area contributed by atoms with Gasteiger partial charge in [-0.05, 0) is 75.8 Å². The predicted octanol–water partition coefficient (Wildman–Crippen LogP) is 14.9. The Morgan fingerprint density at radius 3 is 1.39 bits per heavy atom. The number of nitrogens with zero attached hydrogens (tertiary/aromatic N) is 4. The Morgan fingerprint density at radius 2 is 0.774 bits per heavy atom. The second-order valence-electron chi connectivity index (χ2n) is 15.6. The smallest absolute Gasteiger partial charge is 0.164 e. The lowest BCUT2D eigenvalue weighted by molar-refractivity contribution is 0.669. The van der Waals surface area contributed by atoms with Crippen LogP contribution in [0.1, 0.15) is 0 Å². The molecule has 0 atom stereocenters. The van der Waals surface area contributed by atoms with Crippen molar-refractivity contribution in [3.63, 3.8) is 0 Å². The van der Waals surface area contributed by atoms with Crippen LogP contribution >= 0.6 is 0 Å². The van der Waals surface area contributed by atoms with Crippen LogP contribution in [-0.2, 0) is 0 Å². The summed E-state index contributed by atoms with van der Waals surface area (Å²) < 4.78 is 9.15. The Balaban J connectivity index is 1.01. The summed E-state index contributed by atoms with van der Waals surface area (Å²) in [5.41, 5.74) is 14.5. The van der Waals surface area contributed by atoms with Crippen LogP contribution in [0.15, 0.2) is 223 Å². The standard InChI is InChI=1S/C57H36N4O/c1-4-13-37(14-5-1)40-23-27-42(28-24-40)55-58-56(43-29-25-41(26-30-43)38-15-6-2-7-16-38)60-57(59-55)45-31-32-49-52(36-45)62-51-34-33-48-47-21-10-11-22-50(47)61(54(48)53(49)51)46-20-12-19-44(35-46)39-17-8-3-9-18-39/h1-36H. The highest BCUT2D eigenvalue weighted by molar-refractivity contribution is 6.24. The van der Waals surface area contributed by atoms with E-state index in [4.69, 9.17) is 19.4 Å². The van der Waals surface area contributed by atoms with Gasteiger partial charge in [-0.3, -0.25) is 0 Å². The average molecular weight is 793 g/mol. The van der Waals surface area contributed by atoms with Gasteiger partial charge in [-0.25, -0.2) is 15.0 Å². The molecule has 290 valence electrons. The predicted molar refractivity (Wildman–Crippen MR) is 254 cm³/mol. The largest absolute Gasteiger partial charge is 0.456 e. The van der Waals surface area contributed by atoms with Crippen LogP contribution in [0.2, 0.25) is 0 Å². The zero-order valence-electron chi connectivity index (χ0n) is 33.5. The van der Waals surface area contributed by atoms with Crippen LogP contribution < -0.4 is 0 Å². The SMILES string of the molecule is c1ccc(-c2ccc(-c3nc(-c4ccc(-c5ccccc5)cc4)nc(-c4ccc5c(c4)oc4ccc6c7ccccc7n(-c7cccc(-c8ccccc8)c7)c6c45)n3)cc2)cc1. The molecule has 0 saturated carbocycles. The van der Waals surface area contributed by atoms with Gasteiger partial charge in [0.15, 0.2) is 17.5 Å². The molecule has 0 aliphatic rings. The Hall–Kier alpha value is -8.41. The molecule has 5 heteroatoms. The van der Waals surface area contributed by atoms with Gasteiger partial charge in [0.25, 0.3) is 0 Å². The summed E-state index contributed by atoms with van der Waals surface area (Å²) in [6.07, 6.45) is 0. The molecular weight excluding hydrogens is 757 g/mol. The van der Waals surface area contributed by atoms with Gasteiger partial charge in [-0.1, -0.05) is 176 Å². The number of rotatable bonds is 7. The molecular formula is C57H36N4O. The molecule has 5 nitrogen and oxygen atoms in total. The Bertz CT molecular complexity index is 3490. The van der Waals surface area contributed by atoms with Gasteiger partial charge in [0, 0.05) is 38.5 Å². The fourth-order valence-electron chi connectivity index (χ4n) is 8.83. The first-order valence-corrected chi connectivity index (χ1v) is 20.8. The minimum absolute atomic E-state index is 0.573. The van der Waals surface area contributed by atoms with Gasteiger partial charge in [0.1, 0.15) is 11.2 Å². The molecule has 0 aliphatic carbocycles. The van der Waals surface area contributed by atoms with Crippen LogP contribution in [-0.4, -0.2) is 19.5 Å². The molecule has 9 aromatic carbocycles. The average Bonchev–Trinajstić information content (AvgIpc) is 3.90. The first kappa shape index (κ1) is 35.5. The Morgan fingerprint density at radius 1 is 0.306 bits per heavy atom. The molecule has 3 aromatic heterocycles. The van der Waals surface area contributed by atoms with Crippen molar-refractivity contribution in [3.05, 3.63) is 218 Å². The number of hydrogen-bond donors (Lipinski definition) is 0. The van der Waals surface area contributed by atoms with Crippen LogP contribution in [0.25, 0.3) is 117 Å². The van der Waals surface area contributed by atoms with Crippen molar-refractivity contribution in [3.8, 4) is 73.2 Å².